The second-order valence-electron chi connectivity index (χ2n) is 8.13. The maximum absolute atomic E-state index is 13.2. The van der Waals surface area contributed by atoms with Gasteiger partial charge < -0.3 is 4.74 Å². The highest BCUT2D eigenvalue weighted by atomic mass is 79.9. The van der Waals surface area contributed by atoms with Crippen molar-refractivity contribution >= 4 is 71.6 Å². The van der Waals surface area contributed by atoms with Gasteiger partial charge in [-0.15, -0.1) is 0 Å². The highest BCUT2D eigenvalue weighted by Crippen LogP contribution is 2.38. The predicted octanol–water partition coefficient (Wildman–Crippen LogP) is 8.32. The third kappa shape index (κ3) is 5.26. The molecule has 4 aromatic rings. The van der Waals surface area contributed by atoms with Crippen molar-refractivity contribution in [1.29, 1.82) is 0 Å². The summed E-state index contributed by atoms with van der Waals surface area (Å²) in [6.45, 7) is 0.483. The maximum atomic E-state index is 13.2. The summed E-state index contributed by atoms with van der Waals surface area (Å²) in [5.41, 5.74) is 2.49. The van der Waals surface area contributed by atoms with Crippen LogP contribution in [0.5, 0.6) is 5.75 Å². The molecule has 4 aromatic carbocycles. The van der Waals surface area contributed by atoms with E-state index in [1.165, 1.54) is 12.1 Å². The van der Waals surface area contributed by atoms with Crippen molar-refractivity contribution in [2.24, 2.45) is 0 Å². The van der Waals surface area contributed by atoms with E-state index < -0.39 is 0 Å². The Kier molecular flexibility index (Phi) is 7.27. The summed E-state index contributed by atoms with van der Waals surface area (Å²) in [7, 11) is 0. The van der Waals surface area contributed by atoms with Crippen molar-refractivity contribution in [2.45, 2.75) is 13.2 Å². The maximum Gasteiger partial charge on any atom is 0.293 e. The van der Waals surface area contributed by atoms with Gasteiger partial charge >= 0.3 is 0 Å². The van der Waals surface area contributed by atoms with E-state index in [2.05, 4.69) is 50.1 Å². The molecule has 4 nitrogen and oxygen atoms in total. The average molecular weight is 627 g/mol. The number of imide groups is 1. The Hall–Kier alpha value is -2.94. The predicted molar refractivity (Wildman–Crippen MR) is 148 cm³/mol. The number of carbonyl (C=O) groups is 2. The van der Waals surface area contributed by atoms with E-state index in [1.54, 1.807) is 18.2 Å². The fourth-order valence-electron chi connectivity index (χ4n) is 3.93. The van der Waals surface area contributed by atoms with Crippen molar-refractivity contribution in [3.8, 4) is 5.75 Å². The molecule has 0 aromatic heterocycles. The minimum Gasteiger partial charge on any atom is -0.487 e. The first-order valence-electron chi connectivity index (χ1n) is 11.0. The molecule has 0 radical (unpaired) electrons. The van der Waals surface area contributed by atoms with Gasteiger partial charge in [0.25, 0.3) is 11.1 Å². The van der Waals surface area contributed by atoms with E-state index >= 15 is 0 Å². The van der Waals surface area contributed by atoms with Gasteiger partial charge in [-0.1, -0.05) is 54.6 Å². The number of hydrogen-bond acceptors (Lipinski definition) is 4. The Bertz CT molecular complexity index is 1490. The molecular formula is C28H18Br2FNO3S. The third-order valence-corrected chi connectivity index (χ3v) is 7.78. The molecule has 0 N–H and O–H groups in total. The molecule has 1 fully saturated rings. The normalized spacial score (nSPS) is 14.8. The average Bonchev–Trinajstić information content (AvgIpc) is 3.12. The van der Waals surface area contributed by atoms with Crippen molar-refractivity contribution in [3.63, 3.8) is 0 Å². The molecule has 5 rings (SSSR count). The van der Waals surface area contributed by atoms with E-state index in [9.17, 15) is 14.0 Å². The van der Waals surface area contributed by atoms with E-state index in [4.69, 9.17) is 4.74 Å². The van der Waals surface area contributed by atoms with Crippen LogP contribution in [0.3, 0.4) is 0 Å². The summed E-state index contributed by atoms with van der Waals surface area (Å²) < 4.78 is 20.7. The van der Waals surface area contributed by atoms with Crippen LogP contribution in [0.2, 0.25) is 0 Å². The van der Waals surface area contributed by atoms with Gasteiger partial charge in [0, 0.05) is 0 Å². The van der Waals surface area contributed by atoms with Crippen molar-refractivity contribution in [1.82, 2.24) is 4.90 Å². The summed E-state index contributed by atoms with van der Waals surface area (Å²) in [5, 5.41) is 1.93. The van der Waals surface area contributed by atoms with Gasteiger partial charge in [0.2, 0.25) is 0 Å². The molecule has 0 atom stereocenters. The van der Waals surface area contributed by atoms with Gasteiger partial charge in [0.1, 0.15) is 18.2 Å². The molecule has 36 heavy (non-hydrogen) atoms. The summed E-state index contributed by atoms with van der Waals surface area (Å²) in [6, 6.07) is 23.7. The zero-order valence-electron chi connectivity index (χ0n) is 18.7. The van der Waals surface area contributed by atoms with Gasteiger partial charge in [-0.25, -0.2) is 4.39 Å². The van der Waals surface area contributed by atoms with Gasteiger partial charge in [-0.2, -0.15) is 0 Å². The number of nitrogens with zero attached hydrogens (tertiary/aromatic N) is 1. The Labute approximate surface area is 228 Å². The number of halogens is 3. The van der Waals surface area contributed by atoms with Crippen LogP contribution in [-0.4, -0.2) is 16.0 Å². The summed E-state index contributed by atoms with van der Waals surface area (Å²) in [5.74, 6) is -0.101. The molecule has 1 saturated heterocycles. The summed E-state index contributed by atoms with van der Waals surface area (Å²) >= 11 is 8.04. The minimum absolute atomic E-state index is 0.0939. The molecule has 180 valence electrons. The molecule has 0 bridgehead atoms. The van der Waals surface area contributed by atoms with Crippen LogP contribution in [0, 0.1) is 5.82 Å². The lowest BCUT2D eigenvalue weighted by Crippen LogP contribution is -2.27. The Morgan fingerprint density at radius 1 is 0.917 bits per heavy atom. The number of amides is 2. The van der Waals surface area contributed by atoms with Gasteiger partial charge in [0.15, 0.2) is 0 Å². The van der Waals surface area contributed by atoms with Gasteiger partial charge in [-0.05, 0) is 101 Å². The summed E-state index contributed by atoms with van der Waals surface area (Å²) in [4.78, 5) is 26.8. The number of ether oxygens (including phenoxy) is 1. The van der Waals surface area contributed by atoms with Crippen LogP contribution < -0.4 is 4.74 Å². The first kappa shape index (κ1) is 24.7. The largest absolute Gasteiger partial charge is 0.487 e. The molecule has 8 heteroatoms. The van der Waals surface area contributed by atoms with Crippen LogP contribution in [0.4, 0.5) is 9.18 Å². The smallest absolute Gasteiger partial charge is 0.293 e. The van der Waals surface area contributed by atoms with E-state index in [0.29, 0.717) is 31.8 Å². The number of hydrogen-bond donors (Lipinski definition) is 0. The zero-order valence-corrected chi connectivity index (χ0v) is 22.7. The molecule has 0 saturated carbocycles. The highest BCUT2D eigenvalue weighted by Gasteiger charge is 2.35. The van der Waals surface area contributed by atoms with E-state index in [-0.39, 0.29) is 23.5 Å². The fraction of sp³-hybridized carbons (Fsp3) is 0.0714. The Balaban J connectivity index is 1.33. The number of fused-ring (bicyclic) bond motifs is 1. The number of rotatable bonds is 6. The molecule has 1 aliphatic rings. The lowest BCUT2D eigenvalue weighted by molar-refractivity contribution is -0.123. The standard InChI is InChI=1S/C28H18Br2FNO3S/c29-23-12-18(14-25-27(33)32(28(34)36-25)15-17-8-10-21(31)11-9-17)13-24(30)26(23)35-16-20-6-3-5-19-4-1-2-7-22(19)20/h1-14H,15-16H2/b25-14-. The first-order chi connectivity index (χ1) is 17.4. The van der Waals surface area contributed by atoms with E-state index in [1.807, 2.05) is 36.4 Å². The second kappa shape index (κ2) is 10.6. The molecule has 1 heterocycles. The SMILES string of the molecule is O=C1S/C(=C\c2cc(Br)c(OCc3cccc4ccccc34)c(Br)c2)C(=O)N1Cc1ccc(F)cc1. The molecule has 1 aliphatic heterocycles. The first-order valence-corrected chi connectivity index (χ1v) is 13.4. The fourth-order valence-corrected chi connectivity index (χ4v) is 6.22. The van der Waals surface area contributed by atoms with Crippen molar-refractivity contribution in [2.75, 3.05) is 0 Å². The van der Waals surface area contributed by atoms with E-state index in [0.717, 1.165) is 38.6 Å². The summed E-state index contributed by atoms with van der Waals surface area (Å²) in [6.07, 6.45) is 1.68. The third-order valence-electron chi connectivity index (χ3n) is 5.70. The molecule has 2 amide bonds. The van der Waals surface area contributed by atoms with Crippen LogP contribution in [0.25, 0.3) is 16.8 Å². The number of thioether (sulfide) groups is 1. The number of benzene rings is 4. The van der Waals surface area contributed by atoms with Crippen LogP contribution in [0.1, 0.15) is 16.7 Å². The molecule has 0 spiro atoms. The van der Waals surface area contributed by atoms with Crippen LogP contribution in [-0.2, 0) is 17.9 Å². The molecule has 0 unspecified atom stereocenters. The lowest BCUT2D eigenvalue weighted by Gasteiger charge is -2.13. The van der Waals surface area contributed by atoms with Crippen LogP contribution >= 0.6 is 43.6 Å². The van der Waals surface area contributed by atoms with Crippen molar-refractivity contribution < 1.29 is 18.7 Å². The highest BCUT2D eigenvalue weighted by molar-refractivity contribution is 9.11. The molecular weight excluding hydrogens is 609 g/mol. The van der Waals surface area contributed by atoms with Gasteiger partial charge in [0.05, 0.1) is 20.4 Å². The number of carbonyl (C=O) groups excluding carboxylic acids is 2. The van der Waals surface area contributed by atoms with Crippen LogP contribution in [0.15, 0.2) is 92.7 Å². The van der Waals surface area contributed by atoms with Crippen molar-refractivity contribution in [3.05, 3.63) is 115 Å². The Morgan fingerprint density at radius 2 is 1.61 bits per heavy atom. The quantitative estimate of drug-likeness (QED) is 0.202. The monoisotopic (exact) mass is 625 g/mol. The minimum atomic E-state index is -0.377. The zero-order chi connectivity index (χ0) is 25.2. The Morgan fingerprint density at radius 3 is 2.36 bits per heavy atom. The molecule has 0 aliphatic carbocycles. The lowest BCUT2D eigenvalue weighted by atomic mass is 10.1. The topological polar surface area (TPSA) is 46.6 Å². The van der Waals surface area contributed by atoms with Gasteiger partial charge in [-0.3, -0.25) is 14.5 Å². The second-order valence-corrected chi connectivity index (χ2v) is 10.8.